The van der Waals surface area contributed by atoms with Crippen LogP contribution >= 0.6 is 11.3 Å². The number of benzene rings is 1. The molecular formula is C21H24N2O2S. The zero-order valence-electron chi connectivity index (χ0n) is 15.4. The van der Waals surface area contributed by atoms with Crippen LogP contribution in [-0.4, -0.2) is 30.4 Å². The first-order valence-electron chi connectivity index (χ1n) is 8.68. The fraction of sp³-hybridized carbons (Fsp3) is 0.286. The van der Waals surface area contributed by atoms with E-state index in [1.54, 1.807) is 24.5 Å². The highest BCUT2D eigenvalue weighted by molar-refractivity contribution is 7.13. The second-order valence-electron chi connectivity index (χ2n) is 6.35. The molecule has 0 bridgehead atoms. The Balaban J connectivity index is 2.02. The number of anilines is 1. The topological polar surface area (TPSA) is 54.4 Å². The van der Waals surface area contributed by atoms with E-state index in [2.05, 4.69) is 29.8 Å². The van der Waals surface area contributed by atoms with Crippen LogP contribution in [0, 0.1) is 13.8 Å². The molecule has 0 aliphatic carbocycles. The van der Waals surface area contributed by atoms with Gasteiger partial charge in [0.05, 0.1) is 5.69 Å². The van der Waals surface area contributed by atoms with E-state index in [9.17, 15) is 5.11 Å². The van der Waals surface area contributed by atoms with Crippen molar-refractivity contribution in [3.63, 3.8) is 0 Å². The number of hydrogen-bond acceptors (Lipinski definition) is 5. The molecule has 0 saturated heterocycles. The van der Waals surface area contributed by atoms with Crippen molar-refractivity contribution in [2.75, 3.05) is 25.6 Å². The van der Waals surface area contributed by atoms with Crippen LogP contribution in [0.5, 0.6) is 5.75 Å². The number of aromatic nitrogens is 1. The van der Waals surface area contributed by atoms with Crippen molar-refractivity contribution in [1.29, 1.82) is 0 Å². The van der Waals surface area contributed by atoms with Gasteiger partial charge in [-0.25, -0.2) is 4.98 Å². The zero-order chi connectivity index (χ0) is 18.5. The normalized spacial score (nSPS) is 10.9. The first-order valence-corrected chi connectivity index (χ1v) is 9.56. The molecule has 0 fully saturated rings. The molecule has 3 aromatic rings. The predicted molar refractivity (Wildman–Crippen MR) is 109 cm³/mol. The van der Waals surface area contributed by atoms with Crippen molar-refractivity contribution in [3.8, 4) is 27.4 Å². The summed E-state index contributed by atoms with van der Waals surface area (Å²) >= 11 is 1.72. The number of rotatable bonds is 7. The highest BCUT2D eigenvalue weighted by Gasteiger charge is 2.12. The predicted octanol–water partition coefficient (Wildman–Crippen LogP) is 5.25. The molecule has 4 nitrogen and oxygen atoms in total. The molecule has 2 N–H and O–H groups in total. The van der Waals surface area contributed by atoms with Gasteiger partial charge in [0, 0.05) is 30.7 Å². The molecule has 0 aliphatic rings. The molecule has 2 heterocycles. The Bertz CT molecular complexity index is 889. The molecular weight excluding hydrogens is 344 g/mol. The summed E-state index contributed by atoms with van der Waals surface area (Å²) in [5.41, 5.74) is 4.96. The Morgan fingerprint density at radius 3 is 2.73 bits per heavy atom. The van der Waals surface area contributed by atoms with Crippen LogP contribution in [0.4, 0.5) is 5.82 Å². The van der Waals surface area contributed by atoms with Gasteiger partial charge in [0.1, 0.15) is 11.6 Å². The minimum Gasteiger partial charge on any atom is -0.507 e. The fourth-order valence-electron chi connectivity index (χ4n) is 2.85. The highest BCUT2D eigenvalue weighted by Crippen LogP contribution is 2.36. The van der Waals surface area contributed by atoms with Crippen molar-refractivity contribution in [1.82, 2.24) is 4.98 Å². The molecule has 26 heavy (non-hydrogen) atoms. The quantitative estimate of drug-likeness (QED) is 0.559. The van der Waals surface area contributed by atoms with Crippen molar-refractivity contribution in [2.45, 2.75) is 20.3 Å². The van der Waals surface area contributed by atoms with Gasteiger partial charge in [0.2, 0.25) is 0 Å². The van der Waals surface area contributed by atoms with Gasteiger partial charge in [-0.2, -0.15) is 0 Å². The number of aryl methyl sites for hydroxylation is 2. The Morgan fingerprint density at radius 2 is 2.00 bits per heavy atom. The molecule has 0 unspecified atom stereocenters. The Kier molecular flexibility index (Phi) is 5.91. The second kappa shape index (κ2) is 8.34. The van der Waals surface area contributed by atoms with Gasteiger partial charge in [0.15, 0.2) is 0 Å². The lowest BCUT2D eigenvalue weighted by Crippen LogP contribution is -2.06. The minimum absolute atomic E-state index is 0.244. The summed E-state index contributed by atoms with van der Waals surface area (Å²) in [6.45, 7) is 5.62. The maximum Gasteiger partial charge on any atom is 0.127 e. The number of methoxy groups -OCH3 is 1. The molecule has 0 aliphatic heterocycles. The maximum absolute atomic E-state index is 10.3. The first kappa shape index (κ1) is 18.4. The van der Waals surface area contributed by atoms with E-state index >= 15 is 0 Å². The van der Waals surface area contributed by atoms with Crippen molar-refractivity contribution < 1.29 is 9.84 Å². The van der Waals surface area contributed by atoms with E-state index in [-0.39, 0.29) is 5.75 Å². The van der Waals surface area contributed by atoms with Gasteiger partial charge in [-0.05, 0) is 67.1 Å². The van der Waals surface area contributed by atoms with Crippen LogP contribution in [0.15, 0.2) is 41.8 Å². The van der Waals surface area contributed by atoms with Gasteiger partial charge in [0.25, 0.3) is 0 Å². The number of phenols is 1. The monoisotopic (exact) mass is 368 g/mol. The molecule has 136 valence electrons. The van der Waals surface area contributed by atoms with Crippen LogP contribution in [0.1, 0.15) is 17.5 Å². The maximum atomic E-state index is 10.3. The fourth-order valence-corrected chi connectivity index (χ4v) is 3.76. The van der Waals surface area contributed by atoms with Crippen LogP contribution in [0.3, 0.4) is 0 Å². The number of phenolic OH excluding ortho intramolecular Hbond substituents is 1. The highest BCUT2D eigenvalue weighted by atomic mass is 32.1. The van der Waals surface area contributed by atoms with Gasteiger partial charge < -0.3 is 15.2 Å². The Hall–Kier alpha value is -2.37. The van der Waals surface area contributed by atoms with Crippen molar-refractivity contribution >= 4 is 17.2 Å². The molecule has 3 rings (SSSR count). The summed E-state index contributed by atoms with van der Waals surface area (Å²) < 4.78 is 5.11. The Morgan fingerprint density at radius 1 is 1.15 bits per heavy atom. The number of ether oxygens (including phenoxy) is 1. The van der Waals surface area contributed by atoms with E-state index in [0.29, 0.717) is 6.61 Å². The number of nitrogens with zero attached hydrogens (tertiary/aromatic N) is 1. The molecule has 0 saturated carbocycles. The van der Waals surface area contributed by atoms with Gasteiger partial charge >= 0.3 is 0 Å². The third-order valence-electron chi connectivity index (χ3n) is 4.21. The molecule has 0 atom stereocenters. The summed E-state index contributed by atoms with van der Waals surface area (Å²) in [4.78, 5) is 5.96. The minimum atomic E-state index is 0.244. The van der Waals surface area contributed by atoms with Gasteiger partial charge in [-0.1, -0.05) is 11.6 Å². The Labute approximate surface area is 158 Å². The summed E-state index contributed by atoms with van der Waals surface area (Å²) in [5.74, 6) is 1.05. The lowest BCUT2D eigenvalue weighted by atomic mass is 10.0. The average Bonchev–Trinajstić information content (AvgIpc) is 3.06. The molecule has 2 aromatic heterocycles. The average molecular weight is 369 g/mol. The van der Waals surface area contributed by atoms with Crippen LogP contribution in [0.2, 0.25) is 0 Å². The van der Waals surface area contributed by atoms with Crippen LogP contribution < -0.4 is 5.32 Å². The number of hydrogen-bond donors (Lipinski definition) is 2. The number of pyridine rings is 1. The molecule has 0 spiro atoms. The molecule has 0 amide bonds. The first-order chi connectivity index (χ1) is 12.6. The van der Waals surface area contributed by atoms with Crippen molar-refractivity contribution in [2.24, 2.45) is 0 Å². The van der Waals surface area contributed by atoms with Crippen LogP contribution in [-0.2, 0) is 4.74 Å². The lowest BCUT2D eigenvalue weighted by molar-refractivity contribution is 0.198. The summed E-state index contributed by atoms with van der Waals surface area (Å²) in [6.07, 6.45) is 0.908. The van der Waals surface area contributed by atoms with E-state index in [1.165, 1.54) is 10.4 Å². The van der Waals surface area contributed by atoms with Gasteiger partial charge in [-0.15, -0.1) is 11.3 Å². The van der Waals surface area contributed by atoms with E-state index in [0.717, 1.165) is 41.2 Å². The number of nitrogens with one attached hydrogen (secondary N) is 1. The van der Waals surface area contributed by atoms with Crippen molar-refractivity contribution in [3.05, 3.63) is 52.9 Å². The summed E-state index contributed by atoms with van der Waals surface area (Å²) in [5, 5.41) is 15.8. The SMILES string of the molecule is COCCCNc1cc(-c2sccc2C)cc(-c2cc(C)ccc2O)n1. The smallest absolute Gasteiger partial charge is 0.127 e. The third-order valence-corrected chi connectivity index (χ3v) is 5.27. The zero-order valence-corrected chi connectivity index (χ0v) is 16.2. The standard InChI is InChI=1S/C21H24N2O2S/c1-14-5-6-19(24)17(11-14)18-12-16(21-15(2)7-10-26-21)13-20(23-18)22-8-4-9-25-3/h5-7,10-13,24H,4,8-9H2,1-3H3,(H,22,23). The molecule has 1 aromatic carbocycles. The summed E-state index contributed by atoms with van der Waals surface area (Å²) in [7, 11) is 1.71. The number of aromatic hydroxyl groups is 1. The lowest BCUT2D eigenvalue weighted by Gasteiger charge is -2.12. The third kappa shape index (κ3) is 4.23. The largest absolute Gasteiger partial charge is 0.507 e. The van der Waals surface area contributed by atoms with Crippen LogP contribution in [0.25, 0.3) is 21.7 Å². The van der Waals surface area contributed by atoms with E-state index in [1.807, 2.05) is 25.1 Å². The molecule has 5 heteroatoms. The summed E-state index contributed by atoms with van der Waals surface area (Å²) in [6, 6.07) is 11.8. The van der Waals surface area contributed by atoms with E-state index < -0.39 is 0 Å². The van der Waals surface area contributed by atoms with Gasteiger partial charge in [-0.3, -0.25) is 0 Å². The second-order valence-corrected chi connectivity index (χ2v) is 7.27. The van der Waals surface area contributed by atoms with E-state index in [4.69, 9.17) is 9.72 Å². The molecule has 0 radical (unpaired) electrons. The number of thiophene rings is 1.